The Morgan fingerprint density at radius 3 is 2.81 bits per heavy atom. The van der Waals surface area contributed by atoms with Crippen molar-refractivity contribution in [1.82, 2.24) is 9.97 Å². The van der Waals surface area contributed by atoms with Gasteiger partial charge in [-0.15, -0.1) is 0 Å². The van der Waals surface area contributed by atoms with Crippen molar-refractivity contribution in [3.63, 3.8) is 0 Å². The van der Waals surface area contributed by atoms with Crippen molar-refractivity contribution in [2.45, 2.75) is 6.42 Å². The molecule has 1 heterocycles. The zero-order valence-corrected chi connectivity index (χ0v) is 12.4. The van der Waals surface area contributed by atoms with Gasteiger partial charge in [0.1, 0.15) is 16.7 Å². The smallest absolute Gasteiger partial charge is 0.228 e. The molecule has 3 N–H and O–H groups in total. The number of amides is 1. The Bertz CT molecular complexity index is 632. The van der Waals surface area contributed by atoms with Gasteiger partial charge in [-0.25, -0.2) is 9.97 Å². The molecule has 1 aromatic carbocycles. The first-order valence-corrected chi connectivity index (χ1v) is 6.77. The molecule has 2 rings (SSSR count). The van der Waals surface area contributed by atoms with Crippen LogP contribution in [0.2, 0.25) is 10.4 Å². The SMILES string of the molecule is Nc1cccc(OCCC(=O)Nc2cc(Cl)nc(Cl)n2)c1. The van der Waals surface area contributed by atoms with E-state index in [1.54, 1.807) is 24.3 Å². The molecule has 1 amide bonds. The lowest BCUT2D eigenvalue weighted by Crippen LogP contribution is -2.16. The van der Waals surface area contributed by atoms with Crippen molar-refractivity contribution in [3.8, 4) is 5.75 Å². The summed E-state index contributed by atoms with van der Waals surface area (Å²) in [6.07, 6.45) is 0.147. The number of nitrogens with two attached hydrogens (primary N) is 1. The number of nitrogens with zero attached hydrogens (tertiary/aromatic N) is 2. The summed E-state index contributed by atoms with van der Waals surface area (Å²) >= 11 is 11.3. The number of carbonyl (C=O) groups is 1. The Morgan fingerprint density at radius 2 is 2.10 bits per heavy atom. The first kappa shape index (κ1) is 15.3. The second-order valence-corrected chi connectivity index (χ2v) is 4.79. The minimum atomic E-state index is -0.273. The molecule has 1 aromatic heterocycles. The van der Waals surface area contributed by atoms with E-state index in [1.807, 2.05) is 0 Å². The third-order valence-corrected chi connectivity index (χ3v) is 2.75. The van der Waals surface area contributed by atoms with Gasteiger partial charge in [0.25, 0.3) is 0 Å². The van der Waals surface area contributed by atoms with E-state index in [0.717, 1.165) is 0 Å². The Morgan fingerprint density at radius 1 is 1.29 bits per heavy atom. The van der Waals surface area contributed by atoms with Crippen LogP contribution in [0.1, 0.15) is 6.42 Å². The van der Waals surface area contributed by atoms with E-state index >= 15 is 0 Å². The minimum Gasteiger partial charge on any atom is -0.493 e. The fourth-order valence-corrected chi connectivity index (χ4v) is 1.93. The summed E-state index contributed by atoms with van der Waals surface area (Å²) in [5.74, 6) is 0.578. The molecule has 0 radical (unpaired) electrons. The maximum Gasteiger partial charge on any atom is 0.228 e. The van der Waals surface area contributed by atoms with Gasteiger partial charge in [-0.1, -0.05) is 17.7 Å². The van der Waals surface area contributed by atoms with E-state index < -0.39 is 0 Å². The Hall–Kier alpha value is -2.05. The highest BCUT2D eigenvalue weighted by molar-refractivity contribution is 6.32. The van der Waals surface area contributed by atoms with Crippen LogP contribution in [0.25, 0.3) is 0 Å². The van der Waals surface area contributed by atoms with E-state index in [2.05, 4.69) is 15.3 Å². The highest BCUT2D eigenvalue weighted by Crippen LogP contribution is 2.16. The highest BCUT2D eigenvalue weighted by Gasteiger charge is 2.07. The number of ether oxygens (including phenoxy) is 1. The van der Waals surface area contributed by atoms with Crippen LogP contribution in [0, 0.1) is 0 Å². The van der Waals surface area contributed by atoms with Crippen molar-refractivity contribution in [2.24, 2.45) is 0 Å². The van der Waals surface area contributed by atoms with Gasteiger partial charge in [-0.2, -0.15) is 0 Å². The number of nitrogens with one attached hydrogen (secondary N) is 1. The summed E-state index contributed by atoms with van der Waals surface area (Å²) < 4.78 is 5.42. The van der Waals surface area contributed by atoms with Crippen LogP contribution >= 0.6 is 23.2 Å². The highest BCUT2D eigenvalue weighted by atomic mass is 35.5. The molecule has 0 aliphatic heterocycles. The van der Waals surface area contributed by atoms with Crippen molar-refractivity contribution in [2.75, 3.05) is 17.7 Å². The number of halogens is 2. The topological polar surface area (TPSA) is 90.1 Å². The molecular formula is C13H12Cl2N4O2. The van der Waals surface area contributed by atoms with Gasteiger partial charge in [-0.3, -0.25) is 4.79 Å². The van der Waals surface area contributed by atoms with Gasteiger partial charge in [0.2, 0.25) is 11.2 Å². The van der Waals surface area contributed by atoms with Gasteiger partial charge in [0, 0.05) is 17.8 Å². The Balaban J connectivity index is 1.82. The lowest BCUT2D eigenvalue weighted by molar-refractivity contribution is -0.116. The number of benzene rings is 1. The summed E-state index contributed by atoms with van der Waals surface area (Å²) in [5.41, 5.74) is 6.22. The van der Waals surface area contributed by atoms with Gasteiger partial charge >= 0.3 is 0 Å². The third-order valence-electron chi connectivity index (χ3n) is 2.39. The summed E-state index contributed by atoms with van der Waals surface area (Å²) in [4.78, 5) is 19.2. The Labute approximate surface area is 131 Å². The number of nitrogen functional groups attached to an aromatic ring is 1. The fourth-order valence-electron chi connectivity index (χ4n) is 1.53. The second-order valence-electron chi connectivity index (χ2n) is 4.06. The van der Waals surface area contributed by atoms with E-state index in [4.69, 9.17) is 33.7 Å². The summed E-state index contributed by atoms with van der Waals surface area (Å²) in [7, 11) is 0. The average molecular weight is 327 g/mol. The van der Waals surface area contributed by atoms with Crippen LogP contribution in [-0.4, -0.2) is 22.5 Å². The largest absolute Gasteiger partial charge is 0.493 e. The van der Waals surface area contributed by atoms with Crippen molar-refractivity contribution in [3.05, 3.63) is 40.8 Å². The normalized spacial score (nSPS) is 10.2. The van der Waals surface area contributed by atoms with Gasteiger partial charge in [0.05, 0.1) is 13.0 Å². The molecule has 0 atom stereocenters. The standard InChI is InChI=1S/C13H12Cl2N4O2/c14-10-7-11(19-13(15)17-10)18-12(20)4-5-21-9-3-1-2-8(16)6-9/h1-3,6-7H,4-5,16H2,(H,17,18,19,20). The lowest BCUT2D eigenvalue weighted by Gasteiger charge is -2.07. The minimum absolute atomic E-state index is 0.0335. The molecule has 0 aliphatic rings. The first-order valence-electron chi connectivity index (χ1n) is 6.01. The number of anilines is 2. The molecule has 0 bridgehead atoms. The maximum atomic E-state index is 11.7. The molecule has 0 unspecified atom stereocenters. The quantitative estimate of drug-likeness (QED) is 0.501. The van der Waals surface area contributed by atoms with Crippen molar-refractivity contribution < 1.29 is 9.53 Å². The van der Waals surface area contributed by atoms with Gasteiger partial charge in [-0.05, 0) is 23.7 Å². The zero-order valence-electron chi connectivity index (χ0n) is 10.8. The molecule has 0 aliphatic carbocycles. The number of hydrogen-bond acceptors (Lipinski definition) is 5. The van der Waals surface area contributed by atoms with Crippen LogP contribution in [0.3, 0.4) is 0 Å². The predicted octanol–water partition coefficient (Wildman–Crippen LogP) is 2.77. The number of rotatable bonds is 5. The summed E-state index contributed by atoms with van der Waals surface area (Å²) in [5, 5.41) is 2.68. The molecule has 21 heavy (non-hydrogen) atoms. The number of hydrogen-bond donors (Lipinski definition) is 2. The molecule has 2 aromatic rings. The van der Waals surface area contributed by atoms with Crippen LogP contribution < -0.4 is 15.8 Å². The van der Waals surface area contributed by atoms with E-state index in [0.29, 0.717) is 11.4 Å². The molecular weight excluding hydrogens is 315 g/mol. The average Bonchev–Trinajstić information content (AvgIpc) is 2.37. The van der Waals surface area contributed by atoms with Crippen molar-refractivity contribution >= 4 is 40.6 Å². The van der Waals surface area contributed by atoms with Gasteiger partial charge in [0.15, 0.2) is 0 Å². The predicted molar refractivity (Wildman–Crippen MR) is 81.6 cm³/mol. The summed E-state index contributed by atoms with van der Waals surface area (Å²) in [6.45, 7) is 0.210. The molecule has 0 fully saturated rings. The molecule has 110 valence electrons. The monoisotopic (exact) mass is 326 g/mol. The lowest BCUT2D eigenvalue weighted by atomic mass is 10.3. The number of carbonyl (C=O) groups excluding carboxylic acids is 1. The third kappa shape index (κ3) is 5.09. The first-order chi connectivity index (χ1) is 10.0. The van der Waals surface area contributed by atoms with E-state index in [1.165, 1.54) is 6.07 Å². The zero-order chi connectivity index (χ0) is 15.2. The van der Waals surface area contributed by atoms with Crippen molar-refractivity contribution in [1.29, 1.82) is 0 Å². The fraction of sp³-hybridized carbons (Fsp3) is 0.154. The molecule has 6 nitrogen and oxygen atoms in total. The maximum absolute atomic E-state index is 11.7. The van der Waals surface area contributed by atoms with Gasteiger partial charge < -0.3 is 15.8 Å². The van der Waals surface area contributed by atoms with Crippen LogP contribution in [0.4, 0.5) is 11.5 Å². The molecule has 0 saturated carbocycles. The number of aromatic nitrogens is 2. The van der Waals surface area contributed by atoms with E-state index in [-0.39, 0.29) is 35.2 Å². The molecule has 0 saturated heterocycles. The molecule has 0 spiro atoms. The van der Waals surface area contributed by atoms with Crippen LogP contribution in [-0.2, 0) is 4.79 Å². The second kappa shape index (κ2) is 7.10. The van der Waals surface area contributed by atoms with Crippen LogP contribution in [0.15, 0.2) is 30.3 Å². The molecule has 8 heteroatoms. The summed E-state index contributed by atoms with van der Waals surface area (Å²) in [6, 6.07) is 8.38. The Kier molecular flexibility index (Phi) is 5.19. The van der Waals surface area contributed by atoms with Crippen LogP contribution in [0.5, 0.6) is 5.75 Å². The van der Waals surface area contributed by atoms with E-state index in [9.17, 15) is 4.79 Å².